The summed E-state index contributed by atoms with van der Waals surface area (Å²) in [6.07, 6.45) is 4.10. The van der Waals surface area contributed by atoms with E-state index >= 15 is 0 Å². The smallest absolute Gasteiger partial charge is 0.224 e. The Bertz CT molecular complexity index is 729. The predicted octanol–water partition coefficient (Wildman–Crippen LogP) is 3.48. The van der Waals surface area contributed by atoms with Gasteiger partial charge in [-0.15, -0.1) is 0 Å². The average molecular weight is 312 g/mol. The molecule has 0 bridgehead atoms. The minimum atomic E-state index is -0.222. The molecule has 0 amide bonds. The third-order valence-corrected chi connectivity index (χ3v) is 3.29. The van der Waals surface area contributed by atoms with Gasteiger partial charge < -0.3 is 15.1 Å². The van der Waals surface area contributed by atoms with Gasteiger partial charge in [0.1, 0.15) is 17.4 Å². The lowest BCUT2D eigenvalue weighted by molar-refractivity contribution is 0.518. The van der Waals surface area contributed by atoms with E-state index in [-0.39, 0.29) is 5.82 Å². The normalized spacial score (nSPS) is 10.5. The maximum absolute atomic E-state index is 12.8. The molecule has 2 heterocycles. The van der Waals surface area contributed by atoms with E-state index in [1.807, 2.05) is 12.1 Å². The molecule has 0 aliphatic rings. The summed E-state index contributed by atoms with van der Waals surface area (Å²) in [5.41, 5.74) is 1.06. The number of hydrogen-bond donors (Lipinski definition) is 2. The van der Waals surface area contributed by atoms with Gasteiger partial charge in [0.05, 0.1) is 12.8 Å². The molecule has 6 heteroatoms. The first-order valence-corrected chi connectivity index (χ1v) is 7.37. The van der Waals surface area contributed by atoms with Gasteiger partial charge in [-0.3, -0.25) is 0 Å². The number of furan rings is 1. The third-order valence-electron chi connectivity index (χ3n) is 3.29. The van der Waals surface area contributed by atoms with E-state index < -0.39 is 0 Å². The molecule has 0 spiro atoms. The van der Waals surface area contributed by atoms with Crippen LogP contribution < -0.4 is 10.6 Å². The Labute approximate surface area is 133 Å². The van der Waals surface area contributed by atoms with Crippen LogP contribution in [0.2, 0.25) is 0 Å². The highest BCUT2D eigenvalue weighted by molar-refractivity contribution is 5.39. The first-order chi connectivity index (χ1) is 11.3. The average Bonchev–Trinajstić information content (AvgIpc) is 3.09. The number of halogens is 1. The molecule has 5 nitrogen and oxygen atoms in total. The number of anilines is 2. The molecular formula is C17H17FN4O. The van der Waals surface area contributed by atoms with Crippen LogP contribution in [0.25, 0.3) is 0 Å². The molecule has 0 unspecified atom stereocenters. The van der Waals surface area contributed by atoms with Gasteiger partial charge in [-0.1, -0.05) is 12.1 Å². The van der Waals surface area contributed by atoms with Crippen molar-refractivity contribution in [3.63, 3.8) is 0 Å². The molecule has 0 saturated heterocycles. The maximum atomic E-state index is 12.8. The van der Waals surface area contributed by atoms with Crippen LogP contribution in [-0.4, -0.2) is 16.5 Å². The molecule has 0 saturated carbocycles. The van der Waals surface area contributed by atoms with Crippen molar-refractivity contribution in [1.29, 1.82) is 0 Å². The third kappa shape index (κ3) is 4.54. The Morgan fingerprint density at radius 2 is 1.91 bits per heavy atom. The minimum absolute atomic E-state index is 0.222. The molecule has 3 rings (SSSR count). The SMILES string of the molecule is Fc1ccc(CCNc2nccc(NCc3ccco3)n2)cc1. The lowest BCUT2D eigenvalue weighted by atomic mass is 10.1. The molecule has 0 atom stereocenters. The number of hydrogen-bond acceptors (Lipinski definition) is 5. The monoisotopic (exact) mass is 312 g/mol. The van der Waals surface area contributed by atoms with E-state index in [1.165, 1.54) is 12.1 Å². The number of benzene rings is 1. The molecular weight excluding hydrogens is 295 g/mol. The summed E-state index contributed by atoms with van der Waals surface area (Å²) in [5.74, 6) is 1.90. The van der Waals surface area contributed by atoms with Crippen LogP contribution in [0.3, 0.4) is 0 Å². The van der Waals surface area contributed by atoms with E-state index in [0.717, 1.165) is 23.6 Å². The first kappa shape index (κ1) is 15.0. The van der Waals surface area contributed by atoms with Crippen LogP contribution in [0.4, 0.5) is 16.2 Å². The Balaban J connectivity index is 1.50. The van der Waals surface area contributed by atoms with Gasteiger partial charge in [0.25, 0.3) is 0 Å². The fourth-order valence-electron chi connectivity index (χ4n) is 2.10. The van der Waals surface area contributed by atoms with Crippen LogP contribution in [0.15, 0.2) is 59.3 Å². The topological polar surface area (TPSA) is 63.0 Å². The van der Waals surface area contributed by atoms with Crippen LogP contribution >= 0.6 is 0 Å². The second kappa shape index (κ2) is 7.40. The van der Waals surface area contributed by atoms with Crippen LogP contribution in [-0.2, 0) is 13.0 Å². The van der Waals surface area contributed by atoms with Crippen molar-refractivity contribution in [3.8, 4) is 0 Å². The summed E-state index contributed by atoms with van der Waals surface area (Å²) in [6, 6.07) is 12.0. The molecule has 2 N–H and O–H groups in total. The van der Waals surface area contributed by atoms with Gasteiger partial charge in [0.2, 0.25) is 5.95 Å². The fraction of sp³-hybridized carbons (Fsp3) is 0.176. The van der Waals surface area contributed by atoms with Crippen molar-refractivity contribution in [2.24, 2.45) is 0 Å². The van der Waals surface area contributed by atoms with Crippen LogP contribution in [0, 0.1) is 5.82 Å². The minimum Gasteiger partial charge on any atom is -0.467 e. The summed E-state index contributed by atoms with van der Waals surface area (Å²) in [5, 5.41) is 6.34. The number of nitrogens with one attached hydrogen (secondary N) is 2. The van der Waals surface area contributed by atoms with Gasteiger partial charge in [-0.05, 0) is 42.3 Å². The molecule has 0 aliphatic carbocycles. The maximum Gasteiger partial charge on any atom is 0.224 e. The highest BCUT2D eigenvalue weighted by Gasteiger charge is 2.01. The highest BCUT2D eigenvalue weighted by atomic mass is 19.1. The Morgan fingerprint density at radius 3 is 2.70 bits per heavy atom. The zero-order valence-corrected chi connectivity index (χ0v) is 12.5. The molecule has 0 aliphatic heterocycles. The standard InChI is InChI=1S/C17H17FN4O/c18-14-5-3-13(4-6-14)7-9-19-17-20-10-8-16(22-17)21-12-15-2-1-11-23-15/h1-6,8,10-11H,7,9,12H2,(H2,19,20,21,22). The summed E-state index contributed by atoms with van der Waals surface area (Å²) < 4.78 is 18.1. The second-order valence-corrected chi connectivity index (χ2v) is 5.00. The predicted molar refractivity (Wildman–Crippen MR) is 86.7 cm³/mol. The van der Waals surface area contributed by atoms with Gasteiger partial charge in [0, 0.05) is 12.7 Å². The molecule has 118 valence electrons. The van der Waals surface area contributed by atoms with Crippen molar-refractivity contribution in [3.05, 3.63) is 72.1 Å². The summed E-state index contributed by atoms with van der Waals surface area (Å²) in [6.45, 7) is 1.24. The molecule has 0 radical (unpaired) electrons. The lowest BCUT2D eigenvalue weighted by Gasteiger charge is -2.07. The van der Waals surface area contributed by atoms with Gasteiger partial charge in [-0.25, -0.2) is 9.37 Å². The molecule has 0 fully saturated rings. The molecule has 23 heavy (non-hydrogen) atoms. The van der Waals surface area contributed by atoms with E-state index in [9.17, 15) is 4.39 Å². The summed E-state index contributed by atoms with van der Waals surface area (Å²) >= 11 is 0. The Hall–Kier alpha value is -2.89. The van der Waals surface area contributed by atoms with E-state index in [2.05, 4.69) is 20.6 Å². The zero-order valence-electron chi connectivity index (χ0n) is 12.5. The van der Waals surface area contributed by atoms with Crippen molar-refractivity contribution >= 4 is 11.8 Å². The first-order valence-electron chi connectivity index (χ1n) is 7.37. The van der Waals surface area contributed by atoms with Crippen molar-refractivity contribution in [1.82, 2.24) is 9.97 Å². The zero-order chi connectivity index (χ0) is 15.9. The number of nitrogens with zero attached hydrogens (tertiary/aromatic N) is 2. The lowest BCUT2D eigenvalue weighted by Crippen LogP contribution is -2.09. The fourth-order valence-corrected chi connectivity index (χ4v) is 2.10. The quantitative estimate of drug-likeness (QED) is 0.699. The second-order valence-electron chi connectivity index (χ2n) is 5.00. The number of aromatic nitrogens is 2. The molecule has 2 aromatic heterocycles. The Kier molecular flexibility index (Phi) is 4.83. The number of rotatable bonds is 7. The van der Waals surface area contributed by atoms with Crippen molar-refractivity contribution < 1.29 is 8.81 Å². The van der Waals surface area contributed by atoms with E-state index in [0.29, 0.717) is 19.0 Å². The van der Waals surface area contributed by atoms with Crippen molar-refractivity contribution in [2.45, 2.75) is 13.0 Å². The molecule has 1 aromatic carbocycles. The van der Waals surface area contributed by atoms with Gasteiger partial charge in [-0.2, -0.15) is 4.98 Å². The summed E-state index contributed by atoms with van der Waals surface area (Å²) in [7, 11) is 0. The van der Waals surface area contributed by atoms with Gasteiger partial charge in [0.15, 0.2) is 0 Å². The Morgan fingerprint density at radius 1 is 1.04 bits per heavy atom. The van der Waals surface area contributed by atoms with E-state index in [4.69, 9.17) is 4.42 Å². The van der Waals surface area contributed by atoms with Crippen molar-refractivity contribution in [2.75, 3.05) is 17.2 Å². The van der Waals surface area contributed by atoms with E-state index in [1.54, 1.807) is 30.7 Å². The van der Waals surface area contributed by atoms with Crippen LogP contribution in [0.1, 0.15) is 11.3 Å². The molecule has 3 aromatic rings. The summed E-state index contributed by atoms with van der Waals surface area (Å²) in [4.78, 5) is 8.57. The highest BCUT2D eigenvalue weighted by Crippen LogP contribution is 2.09. The van der Waals surface area contributed by atoms with Gasteiger partial charge >= 0.3 is 0 Å². The largest absolute Gasteiger partial charge is 0.467 e. The van der Waals surface area contributed by atoms with Crippen LogP contribution in [0.5, 0.6) is 0 Å².